The Kier molecular flexibility index (Phi) is 3.06. The smallest absolute Gasteiger partial charge is 0.247 e. The Balaban J connectivity index is 2.38. The van der Waals surface area contributed by atoms with Crippen LogP contribution in [-0.2, 0) is 0 Å². The molecule has 0 fully saturated rings. The predicted octanol–water partition coefficient (Wildman–Crippen LogP) is 2.78. The molecular weight excluding hydrogens is 252 g/mol. The molecule has 0 bridgehead atoms. The third-order valence-electron chi connectivity index (χ3n) is 1.90. The normalized spacial score (nSPS) is 10.3. The molecule has 0 radical (unpaired) electrons. The summed E-state index contributed by atoms with van der Waals surface area (Å²) in [7, 11) is 0. The van der Waals surface area contributed by atoms with Crippen molar-refractivity contribution in [2.75, 3.05) is 5.73 Å². The van der Waals surface area contributed by atoms with E-state index in [9.17, 15) is 8.78 Å². The van der Waals surface area contributed by atoms with E-state index in [0.29, 0.717) is 0 Å². The van der Waals surface area contributed by atoms with Gasteiger partial charge < -0.3 is 10.5 Å². The van der Waals surface area contributed by atoms with Gasteiger partial charge in [0, 0.05) is 6.07 Å². The van der Waals surface area contributed by atoms with Gasteiger partial charge >= 0.3 is 0 Å². The summed E-state index contributed by atoms with van der Waals surface area (Å²) in [6.45, 7) is 0. The van der Waals surface area contributed by atoms with Crippen molar-refractivity contribution in [3.8, 4) is 11.6 Å². The first kappa shape index (κ1) is 11.5. The highest BCUT2D eigenvalue weighted by atomic mass is 35.5. The molecule has 0 aliphatic heterocycles. The predicted molar refractivity (Wildman–Crippen MR) is 57.9 cm³/mol. The van der Waals surface area contributed by atoms with Crippen LogP contribution < -0.4 is 10.5 Å². The lowest BCUT2D eigenvalue weighted by Crippen LogP contribution is -1.98. The number of hydrogen-bond donors (Lipinski definition) is 1. The topological polar surface area (TPSA) is 61.0 Å². The van der Waals surface area contributed by atoms with Gasteiger partial charge in [-0.05, 0) is 12.1 Å². The Morgan fingerprint density at radius 2 is 2.00 bits per heavy atom. The molecule has 2 aromatic rings. The van der Waals surface area contributed by atoms with E-state index in [0.717, 1.165) is 24.5 Å². The second kappa shape index (κ2) is 4.50. The van der Waals surface area contributed by atoms with E-state index in [4.69, 9.17) is 22.1 Å². The maximum absolute atomic E-state index is 13.3. The number of hydrogen-bond acceptors (Lipinski definition) is 4. The molecule has 17 heavy (non-hydrogen) atoms. The van der Waals surface area contributed by atoms with Gasteiger partial charge in [0.25, 0.3) is 0 Å². The molecule has 4 nitrogen and oxygen atoms in total. The molecule has 0 saturated carbocycles. The minimum Gasteiger partial charge on any atom is -0.434 e. The van der Waals surface area contributed by atoms with Crippen molar-refractivity contribution in [3.63, 3.8) is 0 Å². The van der Waals surface area contributed by atoms with E-state index in [1.165, 1.54) is 0 Å². The number of anilines is 1. The molecule has 2 N–H and O–H groups in total. The average Bonchev–Trinajstić information content (AvgIpc) is 2.30. The van der Waals surface area contributed by atoms with Crippen LogP contribution in [0.5, 0.6) is 11.6 Å². The molecule has 0 spiro atoms. The summed E-state index contributed by atoms with van der Waals surface area (Å²) in [4.78, 5) is 7.28. The molecule has 0 aliphatic rings. The van der Waals surface area contributed by atoms with Gasteiger partial charge in [0.15, 0.2) is 16.7 Å². The van der Waals surface area contributed by atoms with Crippen LogP contribution in [0, 0.1) is 11.6 Å². The number of aromatic nitrogens is 2. The molecule has 1 aromatic carbocycles. The van der Waals surface area contributed by atoms with E-state index in [1.54, 1.807) is 0 Å². The fourth-order valence-electron chi connectivity index (χ4n) is 1.10. The molecule has 0 amide bonds. The highest BCUT2D eigenvalue weighted by Crippen LogP contribution is 2.30. The van der Waals surface area contributed by atoms with E-state index in [-0.39, 0.29) is 22.5 Å². The first-order valence-electron chi connectivity index (χ1n) is 4.47. The van der Waals surface area contributed by atoms with Crippen LogP contribution in [0.25, 0.3) is 0 Å². The van der Waals surface area contributed by atoms with Crippen LogP contribution in [0.3, 0.4) is 0 Å². The van der Waals surface area contributed by atoms with Crippen molar-refractivity contribution in [2.24, 2.45) is 0 Å². The number of nitrogens with two attached hydrogens (primary N) is 1. The lowest BCUT2D eigenvalue weighted by atomic mass is 10.3. The highest BCUT2D eigenvalue weighted by Gasteiger charge is 2.12. The molecule has 0 saturated heterocycles. The summed E-state index contributed by atoms with van der Waals surface area (Å²) in [5.74, 6) is -1.83. The van der Waals surface area contributed by atoms with Crippen molar-refractivity contribution in [1.29, 1.82) is 0 Å². The third-order valence-corrected chi connectivity index (χ3v) is 2.20. The summed E-state index contributed by atoms with van der Waals surface area (Å²) < 4.78 is 31.2. The van der Waals surface area contributed by atoms with Crippen LogP contribution in [0.4, 0.5) is 14.5 Å². The van der Waals surface area contributed by atoms with Crippen LogP contribution in [0.15, 0.2) is 24.5 Å². The zero-order valence-electron chi connectivity index (χ0n) is 8.32. The summed E-state index contributed by atoms with van der Waals surface area (Å²) in [6, 6.07) is 2.78. The summed E-state index contributed by atoms with van der Waals surface area (Å²) >= 11 is 5.63. The Hall–Kier alpha value is -1.95. The van der Waals surface area contributed by atoms with Gasteiger partial charge in [-0.2, -0.15) is 4.98 Å². The lowest BCUT2D eigenvalue weighted by Gasteiger charge is -2.08. The molecule has 0 atom stereocenters. The van der Waals surface area contributed by atoms with Gasteiger partial charge in [0.2, 0.25) is 5.88 Å². The van der Waals surface area contributed by atoms with E-state index in [1.807, 2.05) is 0 Å². The molecule has 1 aromatic heterocycles. The third kappa shape index (κ3) is 2.42. The molecule has 0 unspecified atom stereocenters. The summed E-state index contributed by atoms with van der Waals surface area (Å²) in [6.07, 6.45) is 1.10. The minimum absolute atomic E-state index is 0.0215. The standard InChI is InChI=1S/C10H6ClF2N3O/c11-9-8(14)10(16-4-15-9)17-7-3-5(12)1-2-6(7)13/h1-4H,14H2. The molecule has 7 heteroatoms. The van der Waals surface area contributed by atoms with Gasteiger partial charge in [-0.3, -0.25) is 0 Å². The Morgan fingerprint density at radius 1 is 1.24 bits per heavy atom. The van der Waals surface area contributed by atoms with Gasteiger partial charge in [-0.1, -0.05) is 11.6 Å². The fourth-order valence-corrected chi connectivity index (χ4v) is 1.22. The maximum Gasteiger partial charge on any atom is 0.247 e. The Labute approximate surface area is 100 Å². The Bertz CT molecular complexity index is 565. The van der Waals surface area contributed by atoms with Gasteiger partial charge in [0.1, 0.15) is 17.8 Å². The fraction of sp³-hybridized carbons (Fsp3) is 0. The molecule has 2 rings (SSSR count). The van der Waals surface area contributed by atoms with E-state index in [2.05, 4.69) is 9.97 Å². The SMILES string of the molecule is Nc1c(Cl)ncnc1Oc1cc(F)ccc1F. The molecule has 0 aliphatic carbocycles. The van der Waals surface area contributed by atoms with Gasteiger partial charge in [0.05, 0.1) is 0 Å². The van der Waals surface area contributed by atoms with Crippen molar-refractivity contribution in [3.05, 3.63) is 41.3 Å². The highest BCUT2D eigenvalue weighted by molar-refractivity contribution is 6.32. The summed E-state index contributed by atoms with van der Waals surface area (Å²) in [5.41, 5.74) is 5.48. The number of nitrogens with zero attached hydrogens (tertiary/aromatic N) is 2. The maximum atomic E-state index is 13.3. The zero-order chi connectivity index (χ0) is 12.4. The van der Waals surface area contributed by atoms with Crippen molar-refractivity contribution < 1.29 is 13.5 Å². The van der Waals surface area contributed by atoms with Crippen molar-refractivity contribution >= 4 is 17.3 Å². The van der Waals surface area contributed by atoms with Crippen molar-refractivity contribution in [2.45, 2.75) is 0 Å². The monoisotopic (exact) mass is 257 g/mol. The second-order valence-corrected chi connectivity index (χ2v) is 3.42. The second-order valence-electron chi connectivity index (χ2n) is 3.06. The van der Waals surface area contributed by atoms with Crippen LogP contribution in [0.1, 0.15) is 0 Å². The average molecular weight is 258 g/mol. The van der Waals surface area contributed by atoms with E-state index < -0.39 is 11.6 Å². The van der Waals surface area contributed by atoms with E-state index >= 15 is 0 Å². The number of ether oxygens (including phenoxy) is 1. The molecule has 1 heterocycles. The largest absolute Gasteiger partial charge is 0.434 e. The van der Waals surface area contributed by atoms with Crippen LogP contribution in [-0.4, -0.2) is 9.97 Å². The summed E-state index contributed by atoms with van der Waals surface area (Å²) in [5, 5.41) is -0.0215. The Morgan fingerprint density at radius 3 is 2.76 bits per heavy atom. The van der Waals surface area contributed by atoms with Crippen LogP contribution in [0.2, 0.25) is 5.15 Å². The molecule has 88 valence electrons. The van der Waals surface area contributed by atoms with Crippen LogP contribution >= 0.6 is 11.6 Å². The number of rotatable bonds is 2. The number of nitrogen functional groups attached to an aromatic ring is 1. The molecular formula is C10H6ClF2N3O. The lowest BCUT2D eigenvalue weighted by molar-refractivity contribution is 0.423. The first-order valence-corrected chi connectivity index (χ1v) is 4.84. The first-order chi connectivity index (χ1) is 8.08. The minimum atomic E-state index is -0.736. The van der Waals surface area contributed by atoms with Gasteiger partial charge in [-0.25, -0.2) is 13.8 Å². The zero-order valence-corrected chi connectivity index (χ0v) is 9.08. The van der Waals surface area contributed by atoms with Gasteiger partial charge in [-0.15, -0.1) is 0 Å². The quantitative estimate of drug-likeness (QED) is 0.841. The number of benzene rings is 1. The number of halogens is 3. The van der Waals surface area contributed by atoms with Crippen molar-refractivity contribution in [1.82, 2.24) is 9.97 Å².